The van der Waals surface area contributed by atoms with E-state index in [9.17, 15) is 9.90 Å². The lowest BCUT2D eigenvalue weighted by atomic mass is 10.1. The SMILES string of the molecule is C=CCOC(=O)[C@@H](CC(C)C)Oc1ccccc1CO. The van der Waals surface area contributed by atoms with E-state index in [1.165, 1.54) is 6.08 Å². The Balaban J connectivity index is 2.82. The molecule has 110 valence electrons. The second-order valence-electron chi connectivity index (χ2n) is 4.92. The van der Waals surface area contributed by atoms with Crippen molar-refractivity contribution in [2.24, 2.45) is 5.92 Å². The molecule has 4 nitrogen and oxygen atoms in total. The molecule has 0 radical (unpaired) electrons. The summed E-state index contributed by atoms with van der Waals surface area (Å²) in [5.41, 5.74) is 0.651. The first-order chi connectivity index (χ1) is 9.58. The van der Waals surface area contributed by atoms with Crippen molar-refractivity contribution >= 4 is 5.97 Å². The molecule has 1 rings (SSSR count). The number of aliphatic hydroxyl groups is 1. The summed E-state index contributed by atoms with van der Waals surface area (Å²) in [6, 6.07) is 7.11. The Morgan fingerprint density at radius 3 is 2.70 bits per heavy atom. The number of hydrogen-bond donors (Lipinski definition) is 1. The van der Waals surface area contributed by atoms with Crippen LogP contribution in [0.5, 0.6) is 5.75 Å². The average molecular weight is 278 g/mol. The van der Waals surface area contributed by atoms with Gasteiger partial charge >= 0.3 is 5.97 Å². The van der Waals surface area contributed by atoms with E-state index >= 15 is 0 Å². The molecule has 1 aromatic carbocycles. The van der Waals surface area contributed by atoms with Crippen molar-refractivity contribution in [2.45, 2.75) is 33.0 Å². The van der Waals surface area contributed by atoms with Gasteiger partial charge in [0.05, 0.1) is 6.61 Å². The Morgan fingerprint density at radius 2 is 2.10 bits per heavy atom. The third-order valence-electron chi connectivity index (χ3n) is 2.70. The summed E-state index contributed by atoms with van der Waals surface area (Å²) in [6.07, 6.45) is 1.39. The van der Waals surface area contributed by atoms with Crippen molar-refractivity contribution in [3.63, 3.8) is 0 Å². The molecule has 1 N–H and O–H groups in total. The summed E-state index contributed by atoms with van der Waals surface area (Å²) < 4.78 is 10.8. The van der Waals surface area contributed by atoms with Gasteiger partial charge in [-0.2, -0.15) is 0 Å². The monoisotopic (exact) mass is 278 g/mol. The second-order valence-corrected chi connectivity index (χ2v) is 4.92. The Kier molecular flexibility index (Phi) is 6.81. The first-order valence-electron chi connectivity index (χ1n) is 6.71. The predicted octanol–water partition coefficient (Wildman–Crippen LogP) is 2.70. The Bertz CT molecular complexity index is 440. The molecule has 0 spiro atoms. The maximum atomic E-state index is 12.0. The molecule has 0 aliphatic carbocycles. The van der Waals surface area contributed by atoms with E-state index in [0.717, 1.165) is 0 Å². The van der Waals surface area contributed by atoms with Crippen LogP contribution in [0.15, 0.2) is 36.9 Å². The molecular weight excluding hydrogens is 256 g/mol. The topological polar surface area (TPSA) is 55.8 Å². The largest absolute Gasteiger partial charge is 0.478 e. The average Bonchev–Trinajstić information content (AvgIpc) is 2.44. The van der Waals surface area contributed by atoms with Crippen LogP contribution in [-0.4, -0.2) is 23.8 Å². The predicted molar refractivity (Wildman–Crippen MR) is 77.4 cm³/mol. The molecule has 20 heavy (non-hydrogen) atoms. The van der Waals surface area contributed by atoms with Crippen LogP contribution in [0.3, 0.4) is 0 Å². The summed E-state index contributed by atoms with van der Waals surface area (Å²) in [5.74, 6) is 0.389. The number of ether oxygens (including phenoxy) is 2. The standard InChI is InChI=1S/C16H22O4/c1-4-9-19-16(18)15(10-12(2)3)20-14-8-6-5-7-13(14)11-17/h4-8,12,15,17H,1,9-11H2,2-3H3/t15-/m1/s1. The molecule has 0 amide bonds. The van der Waals surface area contributed by atoms with Gasteiger partial charge < -0.3 is 14.6 Å². The maximum absolute atomic E-state index is 12.0. The third-order valence-corrected chi connectivity index (χ3v) is 2.70. The first kappa shape index (κ1) is 16.2. The van der Waals surface area contributed by atoms with Crippen molar-refractivity contribution in [1.82, 2.24) is 0 Å². The van der Waals surface area contributed by atoms with E-state index in [1.54, 1.807) is 18.2 Å². The molecule has 0 heterocycles. The van der Waals surface area contributed by atoms with Crippen molar-refractivity contribution in [3.8, 4) is 5.75 Å². The number of benzene rings is 1. The summed E-state index contributed by atoms with van der Waals surface area (Å²) in [7, 11) is 0. The highest BCUT2D eigenvalue weighted by molar-refractivity contribution is 5.75. The zero-order chi connectivity index (χ0) is 15.0. The quantitative estimate of drug-likeness (QED) is 0.587. The minimum atomic E-state index is -0.678. The van der Waals surface area contributed by atoms with Gasteiger partial charge in [0.15, 0.2) is 6.10 Å². The van der Waals surface area contributed by atoms with Crippen LogP contribution in [0, 0.1) is 5.92 Å². The molecule has 4 heteroatoms. The van der Waals surface area contributed by atoms with Crippen LogP contribution in [0.25, 0.3) is 0 Å². The normalized spacial score (nSPS) is 12.0. The second kappa shape index (κ2) is 8.38. The van der Waals surface area contributed by atoms with Crippen molar-refractivity contribution in [2.75, 3.05) is 6.61 Å². The fraction of sp³-hybridized carbons (Fsp3) is 0.438. The molecule has 0 bridgehead atoms. The molecule has 0 aliphatic heterocycles. The lowest BCUT2D eigenvalue weighted by molar-refractivity contribution is -0.151. The molecule has 0 aliphatic rings. The Hall–Kier alpha value is -1.81. The van der Waals surface area contributed by atoms with Gasteiger partial charge in [-0.05, 0) is 18.4 Å². The number of hydrogen-bond acceptors (Lipinski definition) is 4. The fourth-order valence-corrected chi connectivity index (χ4v) is 1.76. The number of esters is 1. The molecule has 0 saturated carbocycles. The number of para-hydroxylation sites is 1. The number of rotatable bonds is 8. The summed E-state index contributed by atoms with van der Waals surface area (Å²) in [5, 5.41) is 9.28. The lowest BCUT2D eigenvalue weighted by Crippen LogP contribution is -2.31. The van der Waals surface area contributed by atoms with Crippen LogP contribution in [-0.2, 0) is 16.1 Å². The van der Waals surface area contributed by atoms with Gasteiger partial charge in [-0.25, -0.2) is 4.79 Å². The molecular formula is C16H22O4. The van der Waals surface area contributed by atoms with E-state index in [4.69, 9.17) is 9.47 Å². The van der Waals surface area contributed by atoms with E-state index in [2.05, 4.69) is 6.58 Å². The van der Waals surface area contributed by atoms with Crippen LogP contribution in [0.4, 0.5) is 0 Å². The summed E-state index contributed by atoms with van der Waals surface area (Å²) >= 11 is 0. The minimum absolute atomic E-state index is 0.133. The molecule has 1 aromatic rings. The van der Waals surface area contributed by atoms with Crippen LogP contribution in [0.1, 0.15) is 25.8 Å². The van der Waals surface area contributed by atoms with E-state index in [0.29, 0.717) is 17.7 Å². The van der Waals surface area contributed by atoms with Gasteiger partial charge in [-0.1, -0.05) is 44.7 Å². The van der Waals surface area contributed by atoms with Gasteiger partial charge in [-0.3, -0.25) is 0 Å². The van der Waals surface area contributed by atoms with Gasteiger partial charge in [0, 0.05) is 5.56 Å². The molecule has 0 aromatic heterocycles. The minimum Gasteiger partial charge on any atom is -0.478 e. The summed E-state index contributed by atoms with van der Waals surface area (Å²) in [4.78, 5) is 12.0. The smallest absolute Gasteiger partial charge is 0.347 e. The van der Waals surface area contributed by atoms with Crippen LogP contribution in [0.2, 0.25) is 0 Å². The van der Waals surface area contributed by atoms with E-state index in [-0.39, 0.29) is 19.1 Å². The van der Waals surface area contributed by atoms with Gasteiger partial charge in [-0.15, -0.1) is 0 Å². The lowest BCUT2D eigenvalue weighted by Gasteiger charge is -2.20. The molecule has 0 fully saturated rings. The zero-order valence-electron chi connectivity index (χ0n) is 12.0. The zero-order valence-corrected chi connectivity index (χ0v) is 12.0. The molecule has 0 unspecified atom stereocenters. The Labute approximate surface area is 120 Å². The molecule has 1 atom stereocenters. The summed E-state index contributed by atoms with van der Waals surface area (Å²) in [6.45, 7) is 7.56. The van der Waals surface area contributed by atoms with Gasteiger partial charge in [0.25, 0.3) is 0 Å². The first-order valence-corrected chi connectivity index (χ1v) is 6.71. The fourth-order valence-electron chi connectivity index (χ4n) is 1.76. The van der Waals surface area contributed by atoms with Gasteiger partial charge in [0.2, 0.25) is 0 Å². The molecule has 0 saturated heterocycles. The highest BCUT2D eigenvalue weighted by atomic mass is 16.6. The Morgan fingerprint density at radius 1 is 1.40 bits per heavy atom. The highest BCUT2D eigenvalue weighted by Gasteiger charge is 2.24. The van der Waals surface area contributed by atoms with Crippen molar-refractivity contribution in [3.05, 3.63) is 42.5 Å². The number of aliphatic hydroxyl groups excluding tert-OH is 1. The maximum Gasteiger partial charge on any atom is 0.347 e. The highest BCUT2D eigenvalue weighted by Crippen LogP contribution is 2.22. The van der Waals surface area contributed by atoms with E-state index in [1.807, 2.05) is 19.9 Å². The number of carbonyl (C=O) groups is 1. The van der Waals surface area contributed by atoms with Gasteiger partial charge in [0.1, 0.15) is 12.4 Å². The van der Waals surface area contributed by atoms with Crippen LogP contribution < -0.4 is 4.74 Å². The van der Waals surface area contributed by atoms with Crippen molar-refractivity contribution < 1.29 is 19.4 Å². The van der Waals surface area contributed by atoms with E-state index < -0.39 is 12.1 Å². The van der Waals surface area contributed by atoms with Crippen LogP contribution >= 0.6 is 0 Å². The number of carbonyl (C=O) groups excluding carboxylic acids is 1. The van der Waals surface area contributed by atoms with Crippen molar-refractivity contribution in [1.29, 1.82) is 0 Å². The third kappa shape index (κ3) is 5.05.